The molecular formula is C39H35N3O2S2. The van der Waals surface area contributed by atoms with Gasteiger partial charge in [0.1, 0.15) is 5.60 Å². The van der Waals surface area contributed by atoms with Crippen LogP contribution in [-0.2, 0) is 4.18 Å². The Morgan fingerprint density at radius 3 is 1.91 bits per heavy atom. The van der Waals surface area contributed by atoms with Crippen molar-refractivity contribution in [1.82, 2.24) is 15.0 Å². The number of benzene rings is 4. The van der Waals surface area contributed by atoms with Crippen molar-refractivity contribution in [3.05, 3.63) is 132 Å². The lowest BCUT2D eigenvalue weighted by Crippen LogP contribution is -2.45. The highest BCUT2D eigenvalue weighted by Gasteiger charge is 2.38. The van der Waals surface area contributed by atoms with Crippen molar-refractivity contribution in [2.24, 2.45) is 0 Å². The summed E-state index contributed by atoms with van der Waals surface area (Å²) >= 11 is 3.24. The lowest BCUT2D eigenvalue weighted by molar-refractivity contribution is -0.0813. The fourth-order valence-corrected chi connectivity index (χ4v) is 7.73. The highest BCUT2D eigenvalue weighted by molar-refractivity contribution is 8.00. The number of thioether (sulfide) groups is 1. The van der Waals surface area contributed by atoms with E-state index < -0.39 is 11.2 Å². The fraction of sp³-hybridized carbons (Fsp3) is 0.205. The average molecular weight is 642 g/mol. The summed E-state index contributed by atoms with van der Waals surface area (Å²) in [4.78, 5) is 17.1. The van der Waals surface area contributed by atoms with Gasteiger partial charge in [0.25, 0.3) is 0 Å². The molecule has 5 aromatic rings. The van der Waals surface area contributed by atoms with Gasteiger partial charge in [0.15, 0.2) is 17.5 Å². The molecule has 46 heavy (non-hydrogen) atoms. The SMILES string of the molecule is CC(C)(O)C(C)(C)OSc1ccc2c(c1)C1C=CC=C(c3cccc(-c4nc(-c5ccccc5)nc(-c5ccccc5)n4)c3)C1S2. The number of allylic oxidation sites excluding steroid dienone is 3. The third-order valence-electron chi connectivity index (χ3n) is 8.79. The number of hydrogen-bond donors (Lipinski definition) is 1. The molecule has 0 saturated heterocycles. The van der Waals surface area contributed by atoms with Crippen LogP contribution in [0.1, 0.15) is 44.7 Å². The van der Waals surface area contributed by atoms with Gasteiger partial charge in [0, 0.05) is 49.7 Å². The first kappa shape index (κ1) is 30.6. The van der Waals surface area contributed by atoms with Crippen LogP contribution in [0.5, 0.6) is 0 Å². The molecule has 2 atom stereocenters. The van der Waals surface area contributed by atoms with E-state index in [-0.39, 0.29) is 11.2 Å². The summed E-state index contributed by atoms with van der Waals surface area (Å²) < 4.78 is 6.11. The minimum absolute atomic E-state index is 0.248. The highest BCUT2D eigenvalue weighted by atomic mass is 32.2. The minimum atomic E-state index is -0.967. The Morgan fingerprint density at radius 2 is 1.28 bits per heavy atom. The number of hydrogen-bond acceptors (Lipinski definition) is 7. The third-order valence-corrected chi connectivity index (χ3v) is 11.2. The van der Waals surface area contributed by atoms with Crippen molar-refractivity contribution in [2.75, 3.05) is 0 Å². The molecule has 0 saturated carbocycles. The molecule has 230 valence electrons. The topological polar surface area (TPSA) is 68.1 Å². The molecular weight excluding hydrogens is 607 g/mol. The van der Waals surface area contributed by atoms with E-state index in [0.717, 1.165) is 27.1 Å². The van der Waals surface area contributed by atoms with Crippen LogP contribution in [0.15, 0.2) is 131 Å². The van der Waals surface area contributed by atoms with Crippen LogP contribution in [0, 0.1) is 0 Å². The summed E-state index contributed by atoms with van der Waals surface area (Å²) in [6.45, 7) is 7.38. The Hall–Kier alpha value is -4.01. The summed E-state index contributed by atoms with van der Waals surface area (Å²) in [5.74, 6) is 2.20. The van der Waals surface area contributed by atoms with E-state index in [1.165, 1.54) is 28.1 Å². The molecule has 1 aromatic heterocycles. The van der Waals surface area contributed by atoms with Gasteiger partial charge in [0.2, 0.25) is 0 Å². The van der Waals surface area contributed by atoms with Crippen molar-refractivity contribution >= 4 is 29.4 Å². The predicted octanol–water partition coefficient (Wildman–Crippen LogP) is 9.66. The van der Waals surface area contributed by atoms with Crippen molar-refractivity contribution in [2.45, 2.75) is 59.9 Å². The molecule has 0 fully saturated rings. The monoisotopic (exact) mass is 641 g/mol. The van der Waals surface area contributed by atoms with Gasteiger partial charge in [-0.05, 0) is 68.7 Å². The van der Waals surface area contributed by atoms with E-state index in [1.807, 2.05) is 86.3 Å². The zero-order valence-electron chi connectivity index (χ0n) is 26.2. The van der Waals surface area contributed by atoms with E-state index in [0.29, 0.717) is 17.5 Å². The maximum Gasteiger partial charge on any atom is 0.164 e. The Labute approximate surface area is 279 Å². The van der Waals surface area contributed by atoms with Crippen LogP contribution in [0.4, 0.5) is 0 Å². The normalized spacial score (nSPS) is 17.4. The van der Waals surface area contributed by atoms with E-state index in [2.05, 4.69) is 60.7 Å². The fourth-order valence-electron chi connectivity index (χ4n) is 5.44. The van der Waals surface area contributed by atoms with Gasteiger partial charge in [-0.1, -0.05) is 97.1 Å². The Balaban J connectivity index is 1.19. The second-order valence-electron chi connectivity index (χ2n) is 12.6. The smallest absolute Gasteiger partial charge is 0.164 e. The summed E-state index contributed by atoms with van der Waals surface area (Å²) in [6, 6.07) is 35.2. The summed E-state index contributed by atoms with van der Waals surface area (Å²) in [5.41, 5.74) is 4.93. The van der Waals surface area contributed by atoms with Gasteiger partial charge < -0.3 is 9.29 Å². The quantitative estimate of drug-likeness (QED) is 0.169. The first-order valence-electron chi connectivity index (χ1n) is 15.4. The molecule has 0 spiro atoms. The van der Waals surface area contributed by atoms with Crippen LogP contribution < -0.4 is 0 Å². The largest absolute Gasteiger partial charge is 0.387 e. The zero-order valence-corrected chi connectivity index (χ0v) is 27.8. The molecule has 1 N–H and O–H groups in total. The van der Waals surface area contributed by atoms with E-state index in [9.17, 15) is 5.11 Å². The lowest BCUT2D eigenvalue weighted by Gasteiger charge is -2.35. The van der Waals surface area contributed by atoms with E-state index in [1.54, 1.807) is 13.8 Å². The van der Waals surface area contributed by atoms with Crippen LogP contribution in [0.25, 0.3) is 39.7 Å². The molecule has 2 unspecified atom stereocenters. The molecule has 1 aliphatic carbocycles. The van der Waals surface area contributed by atoms with Crippen molar-refractivity contribution in [3.63, 3.8) is 0 Å². The van der Waals surface area contributed by atoms with Gasteiger partial charge in [-0.25, -0.2) is 15.0 Å². The molecule has 0 amide bonds. The third kappa shape index (κ3) is 6.08. The van der Waals surface area contributed by atoms with Crippen molar-refractivity contribution in [1.29, 1.82) is 0 Å². The molecule has 0 radical (unpaired) electrons. The Morgan fingerprint density at radius 1 is 0.696 bits per heavy atom. The first-order valence-corrected chi connectivity index (χ1v) is 17.0. The molecule has 7 rings (SSSR count). The number of aliphatic hydroxyl groups is 1. The summed E-state index contributed by atoms with van der Waals surface area (Å²) in [5, 5.41) is 10.8. The average Bonchev–Trinajstić information content (AvgIpc) is 3.46. The van der Waals surface area contributed by atoms with Gasteiger partial charge in [-0.3, -0.25) is 0 Å². The maximum atomic E-state index is 10.5. The number of aromatic nitrogens is 3. The standard InChI is InChI=1S/C39H35N3O2S2/c1-38(2,43)39(3,4)44-46-29-21-22-33-32(24-29)31-20-12-19-30(34(31)45-33)27-17-11-18-28(23-27)37-41-35(25-13-7-5-8-14-25)40-36(42-37)26-15-9-6-10-16-26/h5-24,31,34,43H,1-4H3. The lowest BCUT2D eigenvalue weighted by atomic mass is 9.85. The second-order valence-corrected chi connectivity index (χ2v) is 14.6. The minimum Gasteiger partial charge on any atom is -0.387 e. The predicted molar refractivity (Wildman–Crippen MR) is 189 cm³/mol. The zero-order chi connectivity index (χ0) is 31.9. The van der Waals surface area contributed by atoms with Crippen LogP contribution in [-0.4, -0.2) is 36.5 Å². The van der Waals surface area contributed by atoms with Crippen molar-refractivity contribution in [3.8, 4) is 34.2 Å². The van der Waals surface area contributed by atoms with Crippen LogP contribution >= 0.6 is 23.8 Å². The van der Waals surface area contributed by atoms with Crippen LogP contribution in [0.2, 0.25) is 0 Å². The van der Waals surface area contributed by atoms with E-state index in [4.69, 9.17) is 19.1 Å². The number of rotatable bonds is 8. The van der Waals surface area contributed by atoms with Gasteiger partial charge in [-0.2, -0.15) is 0 Å². The van der Waals surface area contributed by atoms with Crippen LogP contribution in [0.3, 0.4) is 0 Å². The molecule has 2 aliphatic rings. The number of nitrogens with zero attached hydrogens (tertiary/aromatic N) is 3. The summed E-state index contributed by atoms with van der Waals surface area (Å²) in [7, 11) is 0. The molecule has 7 heteroatoms. The first-order chi connectivity index (χ1) is 22.2. The summed E-state index contributed by atoms with van der Waals surface area (Å²) in [6.07, 6.45) is 6.72. The molecule has 0 bridgehead atoms. The van der Waals surface area contributed by atoms with Gasteiger partial charge >= 0.3 is 0 Å². The molecule has 1 aliphatic heterocycles. The van der Waals surface area contributed by atoms with Gasteiger partial charge in [-0.15, -0.1) is 11.8 Å². The molecule has 4 aromatic carbocycles. The molecule has 5 nitrogen and oxygen atoms in total. The van der Waals surface area contributed by atoms with E-state index >= 15 is 0 Å². The van der Waals surface area contributed by atoms with Gasteiger partial charge in [0.05, 0.1) is 5.60 Å². The van der Waals surface area contributed by atoms with Crippen molar-refractivity contribution < 1.29 is 9.29 Å². The highest BCUT2D eigenvalue weighted by Crippen LogP contribution is 2.53. The molecule has 2 heterocycles. The Bertz CT molecular complexity index is 1890. The Kier molecular flexibility index (Phi) is 8.19. The maximum absolute atomic E-state index is 10.5. The number of fused-ring (bicyclic) bond motifs is 3. The second kappa shape index (κ2) is 12.3.